The summed E-state index contributed by atoms with van der Waals surface area (Å²) in [5.41, 5.74) is 0.588. The molecule has 172 valence electrons. The van der Waals surface area contributed by atoms with Crippen molar-refractivity contribution < 1.29 is 17.7 Å². The number of hydrogen-bond acceptors (Lipinski definition) is 8. The summed E-state index contributed by atoms with van der Waals surface area (Å²) in [5.74, 6) is 1.57. The summed E-state index contributed by atoms with van der Waals surface area (Å²) in [7, 11) is -3.13. The molecule has 1 atom stereocenters. The number of hydrogen-bond donors (Lipinski definition) is 0. The molecule has 2 aromatic rings. The molecule has 0 spiro atoms. The lowest BCUT2D eigenvalue weighted by Crippen LogP contribution is -2.50. The van der Waals surface area contributed by atoms with Gasteiger partial charge in [0.1, 0.15) is 5.75 Å². The van der Waals surface area contributed by atoms with Crippen LogP contribution in [0.4, 0.5) is 6.01 Å². The van der Waals surface area contributed by atoms with E-state index < -0.39 is 9.84 Å². The zero-order valence-corrected chi connectivity index (χ0v) is 20.1. The minimum absolute atomic E-state index is 0.0719. The monoisotopic (exact) mass is 470 g/mol. The normalized spacial score (nSPS) is 16.6. The van der Waals surface area contributed by atoms with E-state index in [1.54, 1.807) is 18.2 Å². The smallest absolute Gasteiger partial charge is 0.324 e. The largest absolute Gasteiger partial charge is 0.493 e. The van der Waals surface area contributed by atoms with Crippen molar-refractivity contribution >= 4 is 27.5 Å². The Morgan fingerprint density at radius 1 is 1.19 bits per heavy atom. The maximum absolute atomic E-state index is 11.5. The summed E-state index contributed by atoms with van der Waals surface area (Å²) in [6.45, 7) is 10.4. The summed E-state index contributed by atoms with van der Waals surface area (Å²) in [6.07, 6.45) is 2.07. The molecular formula is C21H31ClN4O4S. The van der Waals surface area contributed by atoms with Crippen LogP contribution >= 0.6 is 11.6 Å². The second kappa shape index (κ2) is 10.2. The molecule has 1 aliphatic heterocycles. The van der Waals surface area contributed by atoms with Crippen LogP contribution in [0.5, 0.6) is 5.75 Å². The van der Waals surface area contributed by atoms with Gasteiger partial charge in [0.2, 0.25) is 0 Å². The number of aromatic nitrogens is 2. The van der Waals surface area contributed by atoms with E-state index in [2.05, 4.69) is 26.9 Å². The van der Waals surface area contributed by atoms with Gasteiger partial charge in [0.25, 0.3) is 0 Å². The molecule has 1 fully saturated rings. The Kier molecular flexibility index (Phi) is 7.82. The third-order valence-electron chi connectivity index (χ3n) is 5.40. The van der Waals surface area contributed by atoms with Crippen LogP contribution in [0.15, 0.2) is 22.7 Å². The SMILES string of the molecule is CC(C)c1noc(N2CCN(C(C)CCOc3ccc(CS(C)(=O)=O)c(Cl)c3)CC2)n1. The van der Waals surface area contributed by atoms with Gasteiger partial charge in [-0.05, 0) is 31.0 Å². The van der Waals surface area contributed by atoms with Gasteiger partial charge >= 0.3 is 6.01 Å². The van der Waals surface area contributed by atoms with Crippen LogP contribution in [-0.2, 0) is 15.6 Å². The van der Waals surface area contributed by atoms with Crippen LogP contribution in [0, 0.1) is 0 Å². The lowest BCUT2D eigenvalue weighted by atomic mass is 10.2. The molecule has 1 saturated heterocycles. The number of halogens is 1. The first-order valence-corrected chi connectivity index (χ1v) is 13.0. The van der Waals surface area contributed by atoms with Gasteiger partial charge in [0.05, 0.1) is 12.4 Å². The second-order valence-corrected chi connectivity index (χ2v) is 11.0. The topological polar surface area (TPSA) is 88.8 Å². The number of nitrogens with zero attached hydrogens (tertiary/aromatic N) is 4. The Bertz CT molecular complexity index is 972. The molecule has 1 aromatic carbocycles. The Labute approximate surface area is 189 Å². The molecule has 1 aromatic heterocycles. The van der Waals surface area contributed by atoms with Gasteiger partial charge < -0.3 is 14.2 Å². The lowest BCUT2D eigenvalue weighted by molar-refractivity contribution is 0.163. The predicted molar refractivity (Wildman–Crippen MR) is 122 cm³/mol. The summed E-state index contributed by atoms with van der Waals surface area (Å²) >= 11 is 6.21. The minimum Gasteiger partial charge on any atom is -0.493 e. The molecule has 31 heavy (non-hydrogen) atoms. The highest BCUT2D eigenvalue weighted by atomic mass is 35.5. The highest BCUT2D eigenvalue weighted by Gasteiger charge is 2.24. The van der Waals surface area contributed by atoms with Crippen molar-refractivity contribution in [2.45, 2.75) is 44.9 Å². The van der Waals surface area contributed by atoms with Crippen molar-refractivity contribution in [2.75, 3.05) is 43.9 Å². The van der Waals surface area contributed by atoms with Crippen LogP contribution in [0.25, 0.3) is 0 Å². The van der Waals surface area contributed by atoms with Gasteiger partial charge in [-0.25, -0.2) is 8.42 Å². The van der Waals surface area contributed by atoms with E-state index in [9.17, 15) is 8.42 Å². The molecule has 0 aliphatic carbocycles. The highest BCUT2D eigenvalue weighted by Crippen LogP contribution is 2.25. The molecule has 0 bridgehead atoms. The Balaban J connectivity index is 1.43. The average molecular weight is 471 g/mol. The van der Waals surface area contributed by atoms with E-state index in [0.717, 1.165) is 38.4 Å². The number of sulfone groups is 1. The number of ether oxygens (including phenoxy) is 1. The lowest BCUT2D eigenvalue weighted by Gasteiger charge is -2.37. The summed E-state index contributed by atoms with van der Waals surface area (Å²) in [6, 6.07) is 6.14. The molecule has 0 saturated carbocycles. The van der Waals surface area contributed by atoms with Crippen molar-refractivity contribution in [1.82, 2.24) is 15.0 Å². The number of anilines is 1. The number of rotatable bonds is 9. The number of piperazine rings is 1. The van der Waals surface area contributed by atoms with E-state index in [0.29, 0.717) is 35.0 Å². The molecule has 2 heterocycles. The fraction of sp³-hybridized carbons (Fsp3) is 0.619. The molecule has 0 amide bonds. The van der Waals surface area contributed by atoms with Crippen molar-refractivity contribution in [3.8, 4) is 5.75 Å². The van der Waals surface area contributed by atoms with Crippen LogP contribution in [-0.4, -0.2) is 68.5 Å². The Hall–Kier alpha value is -1.84. The molecule has 8 nitrogen and oxygen atoms in total. The quantitative estimate of drug-likeness (QED) is 0.551. The fourth-order valence-corrected chi connectivity index (χ4v) is 4.62. The van der Waals surface area contributed by atoms with Crippen LogP contribution in [0.1, 0.15) is 44.5 Å². The molecule has 0 N–H and O–H groups in total. The molecule has 1 aliphatic rings. The first kappa shape index (κ1) is 23.8. The molecule has 3 rings (SSSR count). The molecule has 0 radical (unpaired) electrons. The fourth-order valence-electron chi connectivity index (χ4n) is 3.49. The van der Waals surface area contributed by atoms with Gasteiger partial charge in [0, 0.05) is 49.4 Å². The van der Waals surface area contributed by atoms with E-state index >= 15 is 0 Å². The average Bonchev–Trinajstić information content (AvgIpc) is 3.20. The molecule has 10 heteroatoms. The van der Waals surface area contributed by atoms with E-state index in [1.807, 2.05) is 13.8 Å². The molecule has 1 unspecified atom stereocenters. The highest BCUT2D eigenvalue weighted by molar-refractivity contribution is 7.89. The van der Waals surface area contributed by atoms with Crippen molar-refractivity contribution in [3.63, 3.8) is 0 Å². The van der Waals surface area contributed by atoms with Gasteiger partial charge in [0.15, 0.2) is 15.7 Å². The van der Waals surface area contributed by atoms with E-state index in [-0.39, 0.29) is 11.7 Å². The maximum Gasteiger partial charge on any atom is 0.324 e. The Morgan fingerprint density at radius 3 is 2.48 bits per heavy atom. The standard InChI is InChI=1S/C21H31ClN4O4S/c1-15(2)20-23-21(30-24-20)26-10-8-25(9-11-26)16(3)7-12-29-18-6-5-17(19(22)13-18)14-31(4,27)28/h5-6,13,15-16H,7-12,14H2,1-4H3. The van der Waals surface area contributed by atoms with Crippen molar-refractivity contribution in [1.29, 1.82) is 0 Å². The second-order valence-electron chi connectivity index (χ2n) is 8.42. The summed E-state index contributed by atoms with van der Waals surface area (Å²) in [4.78, 5) is 9.05. The predicted octanol–water partition coefficient (Wildman–Crippen LogP) is 3.37. The first-order valence-electron chi connectivity index (χ1n) is 10.5. The third-order valence-corrected chi connectivity index (χ3v) is 6.59. The van der Waals surface area contributed by atoms with Gasteiger partial charge in [-0.3, -0.25) is 4.90 Å². The Morgan fingerprint density at radius 2 is 1.90 bits per heavy atom. The minimum atomic E-state index is -3.13. The van der Waals surface area contributed by atoms with Crippen molar-refractivity contribution in [3.05, 3.63) is 34.6 Å². The van der Waals surface area contributed by atoms with E-state index in [4.69, 9.17) is 20.9 Å². The van der Waals surface area contributed by atoms with Crippen LogP contribution < -0.4 is 9.64 Å². The van der Waals surface area contributed by atoms with Crippen LogP contribution in [0.3, 0.4) is 0 Å². The first-order chi connectivity index (χ1) is 14.6. The van der Waals surface area contributed by atoms with Gasteiger partial charge in [-0.1, -0.05) is 36.7 Å². The van der Waals surface area contributed by atoms with Crippen molar-refractivity contribution in [2.24, 2.45) is 0 Å². The van der Waals surface area contributed by atoms with Crippen LogP contribution in [0.2, 0.25) is 5.02 Å². The zero-order chi connectivity index (χ0) is 22.6. The van der Waals surface area contributed by atoms with Gasteiger partial charge in [-0.15, -0.1) is 0 Å². The maximum atomic E-state index is 11.5. The summed E-state index contributed by atoms with van der Waals surface area (Å²) < 4.78 is 34.2. The zero-order valence-electron chi connectivity index (χ0n) is 18.5. The summed E-state index contributed by atoms with van der Waals surface area (Å²) in [5, 5.41) is 4.46. The molecular weight excluding hydrogens is 440 g/mol. The third kappa shape index (κ3) is 6.82. The number of benzene rings is 1. The van der Waals surface area contributed by atoms with E-state index in [1.165, 1.54) is 6.26 Å². The van der Waals surface area contributed by atoms with Gasteiger partial charge in [-0.2, -0.15) is 4.98 Å².